The molecule has 0 radical (unpaired) electrons. The lowest BCUT2D eigenvalue weighted by Crippen LogP contribution is -2.46. The SMILES string of the molecule is CC1C=CC(N(C2=c3ccccc3=CCC2)C2C=CC(c3ccc(C4C=CCCC4Nc4cccc5ccccc45)cc3)=CC2)CC1. The fourth-order valence-electron chi connectivity index (χ4n) is 8.34. The van der Waals surface area contributed by atoms with Crippen LogP contribution in [0.25, 0.3) is 28.1 Å². The van der Waals surface area contributed by atoms with Crippen LogP contribution >= 0.6 is 0 Å². The standard InChI is InChI=1S/C45H46N2/c1-32-20-28-38(29-21-32)47(45-19-9-13-36-11-3-5-16-42(36)45)39-30-26-34(27-31-39)33-22-24-37(25-23-33)41-15-6-7-17-43(41)46-44-18-8-12-35-10-2-4-14-40(35)44/h2-6,8,10-16,18,20,22-28,30,32,38-39,41,43,46H,7,9,17,19,21,29,31H2,1H3. The van der Waals surface area contributed by atoms with Gasteiger partial charge in [-0.1, -0.05) is 140 Å². The van der Waals surface area contributed by atoms with Crippen molar-refractivity contribution >= 4 is 33.8 Å². The summed E-state index contributed by atoms with van der Waals surface area (Å²) in [6.07, 6.45) is 27.5. The number of allylic oxidation sites excluding steroid dienone is 4. The quantitative estimate of drug-likeness (QED) is 0.209. The largest absolute Gasteiger partial charge is 0.381 e. The molecule has 0 aliphatic heterocycles. The molecule has 2 nitrogen and oxygen atoms in total. The highest BCUT2D eigenvalue weighted by Gasteiger charge is 2.29. The fraction of sp³-hybridized carbons (Fsp3) is 0.289. The third-order valence-corrected chi connectivity index (χ3v) is 10.9. The van der Waals surface area contributed by atoms with Gasteiger partial charge in [0.2, 0.25) is 0 Å². The first-order valence-electron chi connectivity index (χ1n) is 17.9. The minimum absolute atomic E-state index is 0.351. The molecule has 0 spiro atoms. The molecule has 47 heavy (non-hydrogen) atoms. The van der Waals surface area contributed by atoms with E-state index in [4.69, 9.17) is 0 Å². The van der Waals surface area contributed by atoms with Crippen LogP contribution in [0.1, 0.15) is 68.9 Å². The van der Waals surface area contributed by atoms with E-state index in [9.17, 15) is 0 Å². The van der Waals surface area contributed by atoms with Crippen LogP contribution in [0, 0.1) is 5.92 Å². The van der Waals surface area contributed by atoms with Crippen LogP contribution in [0.4, 0.5) is 5.69 Å². The number of hydrogen-bond acceptors (Lipinski definition) is 2. The molecule has 2 heteroatoms. The lowest BCUT2D eigenvalue weighted by Gasteiger charge is -2.42. The van der Waals surface area contributed by atoms with Gasteiger partial charge < -0.3 is 10.2 Å². The summed E-state index contributed by atoms with van der Waals surface area (Å²) >= 11 is 0. The lowest BCUT2D eigenvalue weighted by molar-refractivity contribution is 0.252. The zero-order chi connectivity index (χ0) is 31.6. The second-order valence-electron chi connectivity index (χ2n) is 13.9. The molecule has 5 atom stereocenters. The summed E-state index contributed by atoms with van der Waals surface area (Å²) < 4.78 is 0. The molecule has 0 heterocycles. The summed E-state index contributed by atoms with van der Waals surface area (Å²) in [5.41, 5.74) is 6.79. The topological polar surface area (TPSA) is 15.3 Å². The van der Waals surface area contributed by atoms with Crippen LogP contribution in [-0.2, 0) is 0 Å². The Morgan fingerprint density at radius 3 is 2.40 bits per heavy atom. The molecule has 0 amide bonds. The van der Waals surface area contributed by atoms with E-state index in [-0.39, 0.29) is 0 Å². The van der Waals surface area contributed by atoms with Gasteiger partial charge in [-0.3, -0.25) is 0 Å². The van der Waals surface area contributed by atoms with Crippen molar-refractivity contribution in [3.05, 3.63) is 155 Å². The first-order chi connectivity index (χ1) is 23.2. The van der Waals surface area contributed by atoms with Gasteiger partial charge >= 0.3 is 0 Å². The van der Waals surface area contributed by atoms with E-state index in [0.717, 1.165) is 32.1 Å². The minimum Gasteiger partial charge on any atom is -0.381 e. The van der Waals surface area contributed by atoms with Gasteiger partial charge in [0.15, 0.2) is 0 Å². The van der Waals surface area contributed by atoms with Gasteiger partial charge in [0.1, 0.15) is 0 Å². The maximum atomic E-state index is 3.94. The average molecular weight is 615 g/mol. The third kappa shape index (κ3) is 6.14. The number of anilines is 1. The number of rotatable bonds is 7. The number of fused-ring (bicyclic) bond motifs is 2. The van der Waals surface area contributed by atoms with Gasteiger partial charge in [-0.15, -0.1) is 0 Å². The second-order valence-corrected chi connectivity index (χ2v) is 13.9. The molecule has 0 fully saturated rings. The maximum Gasteiger partial charge on any atom is 0.0514 e. The van der Waals surface area contributed by atoms with E-state index < -0.39 is 0 Å². The predicted octanol–water partition coefficient (Wildman–Crippen LogP) is 9.51. The number of nitrogens with one attached hydrogen (secondary N) is 1. The van der Waals surface area contributed by atoms with Crippen LogP contribution in [0.2, 0.25) is 0 Å². The van der Waals surface area contributed by atoms with Crippen molar-refractivity contribution in [2.24, 2.45) is 5.92 Å². The molecule has 4 aromatic carbocycles. The van der Waals surface area contributed by atoms with E-state index in [1.807, 2.05) is 0 Å². The number of nitrogens with zero attached hydrogens (tertiary/aromatic N) is 1. The highest BCUT2D eigenvalue weighted by Crippen LogP contribution is 2.36. The first kappa shape index (κ1) is 29.8. The van der Waals surface area contributed by atoms with Gasteiger partial charge in [-0.05, 0) is 84.2 Å². The zero-order valence-electron chi connectivity index (χ0n) is 27.6. The Labute approximate surface area is 280 Å². The summed E-state index contributed by atoms with van der Waals surface area (Å²) in [6, 6.07) is 34.9. The van der Waals surface area contributed by atoms with Crippen molar-refractivity contribution in [1.82, 2.24) is 4.90 Å². The maximum absolute atomic E-state index is 3.94. The first-order valence-corrected chi connectivity index (χ1v) is 17.9. The molecule has 1 N–H and O–H groups in total. The number of benzene rings is 4. The molecular formula is C45H46N2. The summed E-state index contributed by atoms with van der Waals surface area (Å²) in [6.45, 7) is 2.35. The Kier molecular flexibility index (Phi) is 8.42. The molecule has 0 saturated heterocycles. The van der Waals surface area contributed by atoms with Crippen molar-refractivity contribution in [1.29, 1.82) is 0 Å². The third-order valence-electron chi connectivity index (χ3n) is 10.9. The predicted molar refractivity (Wildman–Crippen MR) is 200 cm³/mol. The van der Waals surface area contributed by atoms with E-state index >= 15 is 0 Å². The van der Waals surface area contributed by atoms with Crippen LogP contribution in [0.5, 0.6) is 0 Å². The average Bonchev–Trinajstić information content (AvgIpc) is 3.13. The molecule has 4 aliphatic rings. The van der Waals surface area contributed by atoms with Crippen LogP contribution in [0.3, 0.4) is 0 Å². The lowest BCUT2D eigenvalue weighted by atomic mass is 9.83. The van der Waals surface area contributed by atoms with E-state index in [1.165, 1.54) is 62.1 Å². The Balaban J connectivity index is 1.02. The van der Waals surface area contributed by atoms with Crippen molar-refractivity contribution in [3.63, 3.8) is 0 Å². The second kappa shape index (κ2) is 13.3. The van der Waals surface area contributed by atoms with Gasteiger partial charge in [0.25, 0.3) is 0 Å². The summed E-state index contributed by atoms with van der Waals surface area (Å²) in [4.78, 5) is 2.78. The van der Waals surface area contributed by atoms with Crippen LogP contribution in [0.15, 0.2) is 134 Å². The summed E-state index contributed by atoms with van der Waals surface area (Å²) in [5.74, 6) is 1.03. The Hall–Kier alpha value is -4.56. The van der Waals surface area contributed by atoms with Crippen LogP contribution < -0.4 is 15.8 Å². The van der Waals surface area contributed by atoms with E-state index in [0.29, 0.717) is 30.0 Å². The van der Waals surface area contributed by atoms with Crippen LogP contribution in [-0.4, -0.2) is 23.0 Å². The number of hydrogen-bond donors (Lipinski definition) is 1. The van der Waals surface area contributed by atoms with Gasteiger partial charge in [-0.2, -0.15) is 0 Å². The van der Waals surface area contributed by atoms with Gasteiger partial charge in [0.05, 0.1) is 6.04 Å². The molecule has 0 bridgehead atoms. The Bertz CT molecular complexity index is 1990. The zero-order valence-corrected chi connectivity index (χ0v) is 27.6. The van der Waals surface area contributed by atoms with Crippen molar-refractivity contribution in [2.75, 3.05) is 5.32 Å². The Morgan fingerprint density at radius 2 is 1.55 bits per heavy atom. The monoisotopic (exact) mass is 614 g/mol. The molecule has 4 aromatic rings. The highest BCUT2D eigenvalue weighted by atomic mass is 15.2. The molecule has 236 valence electrons. The molecule has 8 rings (SSSR count). The Morgan fingerprint density at radius 1 is 0.702 bits per heavy atom. The summed E-state index contributed by atoms with van der Waals surface area (Å²) in [7, 11) is 0. The van der Waals surface area contributed by atoms with E-state index in [1.54, 1.807) is 0 Å². The molecule has 5 unspecified atom stereocenters. The van der Waals surface area contributed by atoms with Crippen molar-refractivity contribution < 1.29 is 0 Å². The molecule has 0 saturated carbocycles. The normalized spacial score (nSPS) is 25.2. The molecular weight excluding hydrogens is 569 g/mol. The molecule has 4 aliphatic carbocycles. The van der Waals surface area contributed by atoms with E-state index in [2.05, 4.69) is 157 Å². The summed E-state index contributed by atoms with van der Waals surface area (Å²) in [5, 5.41) is 9.34. The highest BCUT2D eigenvalue weighted by molar-refractivity contribution is 5.94. The smallest absolute Gasteiger partial charge is 0.0514 e. The van der Waals surface area contributed by atoms with Crippen molar-refractivity contribution in [2.45, 2.75) is 75.9 Å². The fourth-order valence-corrected chi connectivity index (χ4v) is 8.34. The van der Waals surface area contributed by atoms with Gasteiger partial charge in [0, 0.05) is 40.0 Å². The van der Waals surface area contributed by atoms with Crippen molar-refractivity contribution in [3.8, 4) is 0 Å². The van der Waals surface area contributed by atoms with Gasteiger partial charge in [-0.25, -0.2) is 0 Å². The minimum atomic E-state index is 0.351. The molecule has 0 aromatic heterocycles.